The lowest BCUT2D eigenvalue weighted by Crippen LogP contribution is -2.41. The molecule has 0 saturated carbocycles. The molecule has 1 amide bonds. The Hall–Kier alpha value is -3.04. The van der Waals surface area contributed by atoms with Crippen LogP contribution in [0.4, 0.5) is 17.3 Å². The van der Waals surface area contributed by atoms with Crippen LogP contribution < -0.4 is 9.80 Å². The van der Waals surface area contributed by atoms with Gasteiger partial charge in [0, 0.05) is 18.0 Å². The second kappa shape index (κ2) is 7.83. The lowest BCUT2D eigenvalue weighted by Gasteiger charge is -2.29. The number of carbonyl (C=O) groups is 1. The van der Waals surface area contributed by atoms with E-state index in [-0.39, 0.29) is 5.91 Å². The molecule has 1 fully saturated rings. The summed E-state index contributed by atoms with van der Waals surface area (Å²) >= 11 is -0.775. The van der Waals surface area contributed by atoms with Crippen molar-refractivity contribution in [2.75, 3.05) is 34.4 Å². The minimum absolute atomic E-state index is 0.0454. The Morgan fingerprint density at radius 1 is 1.00 bits per heavy atom. The number of carbonyl (C=O) groups excluding carboxylic acids is 1. The third-order valence-electron chi connectivity index (χ3n) is 6.10. The molecule has 4 heterocycles. The Bertz CT molecular complexity index is 1180. The van der Waals surface area contributed by atoms with Gasteiger partial charge in [-0.1, -0.05) is 23.3 Å². The van der Waals surface area contributed by atoms with Crippen LogP contribution in [0.1, 0.15) is 25.2 Å². The number of rotatable bonds is 3. The van der Waals surface area contributed by atoms with E-state index in [0.29, 0.717) is 42.1 Å². The molecule has 0 radical (unpaired) electrons. The van der Waals surface area contributed by atoms with E-state index in [2.05, 4.69) is 19.9 Å². The van der Waals surface area contributed by atoms with Crippen molar-refractivity contribution in [3.63, 3.8) is 0 Å². The molecule has 2 aliphatic heterocycles. The highest BCUT2D eigenvalue weighted by Gasteiger charge is 2.45. The van der Waals surface area contributed by atoms with Gasteiger partial charge in [0.2, 0.25) is 5.91 Å². The van der Waals surface area contributed by atoms with E-state index in [4.69, 9.17) is 4.98 Å². The summed E-state index contributed by atoms with van der Waals surface area (Å²) in [5.74, 6) is 3.08. The van der Waals surface area contributed by atoms with Crippen LogP contribution in [0.25, 0.3) is 11.1 Å². The number of amides is 1. The standard InChI is InChI=1S/C23H24N6O2S/c1-15-25-11-17(12-26-15)16-4-5-18-19(10-16)29(22(30)23(18,2)3)21-14-24-13-20(27-21)28-6-8-32(31)9-7-28/h4-5,10-14H,6-9H2,1-3H3. The topological polar surface area (TPSA) is 98.2 Å². The van der Waals surface area contributed by atoms with Crippen molar-refractivity contribution in [3.8, 4) is 11.1 Å². The summed E-state index contributed by atoms with van der Waals surface area (Å²) in [7, 11) is 0. The Labute approximate surface area is 189 Å². The summed E-state index contributed by atoms with van der Waals surface area (Å²) in [6.07, 6.45) is 6.90. The SMILES string of the molecule is Cc1ncc(-c2ccc3c(c2)N(c2cncc(N4CC[S+]([O-])CC4)n2)C(=O)C3(C)C)cn1. The highest BCUT2D eigenvalue weighted by atomic mass is 32.2. The highest BCUT2D eigenvalue weighted by Crippen LogP contribution is 2.46. The molecule has 0 N–H and O–H groups in total. The Balaban J connectivity index is 1.56. The normalized spacial score (nSPS) is 18.2. The summed E-state index contributed by atoms with van der Waals surface area (Å²) in [5.41, 5.74) is 2.87. The number of aryl methyl sites for hydroxylation is 1. The molecular weight excluding hydrogens is 424 g/mol. The maximum Gasteiger partial charge on any atom is 0.242 e. The highest BCUT2D eigenvalue weighted by molar-refractivity contribution is 7.91. The summed E-state index contributed by atoms with van der Waals surface area (Å²) < 4.78 is 11.7. The van der Waals surface area contributed by atoms with Gasteiger partial charge in [0.25, 0.3) is 0 Å². The maximum absolute atomic E-state index is 13.5. The molecule has 9 heteroatoms. The van der Waals surface area contributed by atoms with Crippen LogP contribution in [0, 0.1) is 6.92 Å². The van der Waals surface area contributed by atoms with Gasteiger partial charge in [0.05, 0.1) is 36.6 Å². The van der Waals surface area contributed by atoms with Crippen LogP contribution in [0.15, 0.2) is 43.0 Å². The molecule has 1 saturated heterocycles. The zero-order valence-electron chi connectivity index (χ0n) is 18.3. The first-order valence-corrected chi connectivity index (χ1v) is 12.0. The maximum atomic E-state index is 13.5. The van der Waals surface area contributed by atoms with Crippen molar-refractivity contribution in [1.82, 2.24) is 19.9 Å². The summed E-state index contributed by atoms with van der Waals surface area (Å²) in [4.78, 5) is 35.0. The van der Waals surface area contributed by atoms with Crippen LogP contribution in [0.3, 0.4) is 0 Å². The molecule has 2 aromatic heterocycles. The second-order valence-corrected chi connectivity index (χ2v) is 10.3. The molecule has 5 rings (SSSR count). The van der Waals surface area contributed by atoms with Gasteiger partial charge in [0.15, 0.2) is 5.82 Å². The smallest absolute Gasteiger partial charge is 0.242 e. The van der Waals surface area contributed by atoms with Crippen LogP contribution >= 0.6 is 0 Å². The van der Waals surface area contributed by atoms with E-state index in [1.54, 1.807) is 29.7 Å². The molecule has 0 atom stereocenters. The fourth-order valence-electron chi connectivity index (χ4n) is 4.17. The second-order valence-electron chi connectivity index (χ2n) is 8.59. The van der Waals surface area contributed by atoms with Gasteiger partial charge in [0.1, 0.15) is 23.1 Å². The molecule has 0 spiro atoms. The average Bonchev–Trinajstić information content (AvgIpc) is 3.00. The lowest BCUT2D eigenvalue weighted by molar-refractivity contribution is -0.121. The molecular formula is C23H24N6O2S. The molecule has 3 aromatic rings. The molecule has 32 heavy (non-hydrogen) atoms. The van der Waals surface area contributed by atoms with Crippen LogP contribution in [-0.2, 0) is 21.4 Å². The number of hydrogen-bond acceptors (Lipinski definition) is 7. The van der Waals surface area contributed by atoms with Crippen LogP contribution in [0.5, 0.6) is 0 Å². The Morgan fingerprint density at radius 3 is 2.41 bits per heavy atom. The fourth-order valence-corrected chi connectivity index (χ4v) is 5.22. The van der Waals surface area contributed by atoms with Crippen molar-refractivity contribution in [2.45, 2.75) is 26.2 Å². The molecule has 8 nitrogen and oxygen atoms in total. The minimum Gasteiger partial charge on any atom is -0.616 e. The van der Waals surface area contributed by atoms with Crippen LogP contribution in [0.2, 0.25) is 0 Å². The first-order chi connectivity index (χ1) is 15.3. The van der Waals surface area contributed by atoms with Gasteiger partial charge in [-0.05, 0) is 38.0 Å². The van der Waals surface area contributed by atoms with E-state index in [0.717, 1.165) is 22.4 Å². The van der Waals surface area contributed by atoms with E-state index in [9.17, 15) is 9.35 Å². The third-order valence-corrected chi connectivity index (χ3v) is 7.38. The van der Waals surface area contributed by atoms with Crippen molar-refractivity contribution in [3.05, 3.63) is 54.4 Å². The zero-order chi connectivity index (χ0) is 22.5. The third kappa shape index (κ3) is 3.51. The number of benzene rings is 1. The summed E-state index contributed by atoms with van der Waals surface area (Å²) in [5, 5.41) is 0. The zero-order valence-corrected chi connectivity index (χ0v) is 19.1. The van der Waals surface area contributed by atoms with E-state index < -0.39 is 16.6 Å². The first kappa shape index (κ1) is 20.8. The number of anilines is 3. The van der Waals surface area contributed by atoms with E-state index >= 15 is 0 Å². The summed E-state index contributed by atoms with van der Waals surface area (Å²) in [6.45, 7) is 7.04. The van der Waals surface area contributed by atoms with Gasteiger partial charge in [-0.3, -0.25) is 14.7 Å². The Morgan fingerprint density at radius 2 is 1.69 bits per heavy atom. The minimum atomic E-state index is -0.775. The fraction of sp³-hybridized carbons (Fsp3) is 0.348. The van der Waals surface area contributed by atoms with Crippen molar-refractivity contribution in [2.24, 2.45) is 0 Å². The molecule has 0 bridgehead atoms. The first-order valence-electron chi connectivity index (χ1n) is 10.5. The number of fused-ring (bicyclic) bond motifs is 1. The van der Waals surface area contributed by atoms with Gasteiger partial charge in [-0.15, -0.1) is 0 Å². The Kier molecular flexibility index (Phi) is 5.10. The van der Waals surface area contributed by atoms with Crippen LogP contribution in [-0.4, -0.2) is 55.0 Å². The van der Waals surface area contributed by atoms with Crippen molar-refractivity contribution < 1.29 is 9.35 Å². The predicted octanol–water partition coefficient (Wildman–Crippen LogP) is 2.77. The number of aromatic nitrogens is 4. The van der Waals surface area contributed by atoms with Gasteiger partial charge in [-0.25, -0.2) is 15.0 Å². The van der Waals surface area contributed by atoms with Crippen molar-refractivity contribution in [1.29, 1.82) is 0 Å². The molecule has 2 aliphatic rings. The predicted molar refractivity (Wildman–Crippen MR) is 124 cm³/mol. The molecule has 1 aromatic carbocycles. The molecule has 0 unspecified atom stereocenters. The molecule has 0 aliphatic carbocycles. The average molecular weight is 449 g/mol. The van der Waals surface area contributed by atoms with Crippen molar-refractivity contribution >= 4 is 34.4 Å². The van der Waals surface area contributed by atoms with Gasteiger partial charge < -0.3 is 9.45 Å². The van der Waals surface area contributed by atoms with Gasteiger partial charge >= 0.3 is 0 Å². The van der Waals surface area contributed by atoms with E-state index in [1.165, 1.54) is 0 Å². The van der Waals surface area contributed by atoms with Gasteiger partial charge in [-0.2, -0.15) is 0 Å². The number of nitrogens with zero attached hydrogens (tertiary/aromatic N) is 6. The molecule has 164 valence electrons. The largest absolute Gasteiger partial charge is 0.616 e. The quantitative estimate of drug-likeness (QED) is 0.568. The summed E-state index contributed by atoms with van der Waals surface area (Å²) in [6, 6.07) is 6.00. The lowest BCUT2D eigenvalue weighted by atomic mass is 9.85. The monoisotopic (exact) mass is 448 g/mol. The van der Waals surface area contributed by atoms with E-state index in [1.807, 2.05) is 39.0 Å². The number of hydrogen-bond donors (Lipinski definition) is 0.